The summed E-state index contributed by atoms with van der Waals surface area (Å²) >= 11 is 0. The Hall–Kier alpha value is -4.26. The molecule has 0 saturated carbocycles. The molecular weight excluding hydrogens is 428 g/mol. The molecule has 0 fully saturated rings. The predicted octanol–water partition coefficient (Wildman–Crippen LogP) is 3.95. The van der Waals surface area contributed by atoms with E-state index in [4.69, 9.17) is 0 Å². The first-order valence-corrected chi connectivity index (χ1v) is 11.2. The van der Waals surface area contributed by atoms with E-state index in [2.05, 4.69) is 20.8 Å². The molecule has 0 aliphatic carbocycles. The average Bonchev–Trinajstić information content (AvgIpc) is 2.86. The molecule has 1 amide bonds. The van der Waals surface area contributed by atoms with Crippen LogP contribution in [0.2, 0.25) is 0 Å². The second kappa shape index (κ2) is 10.6. The van der Waals surface area contributed by atoms with Crippen molar-refractivity contribution < 1.29 is 9.59 Å². The van der Waals surface area contributed by atoms with Gasteiger partial charge in [-0.1, -0.05) is 66.7 Å². The number of anilines is 1. The number of hydrogen-bond acceptors (Lipinski definition) is 5. The van der Waals surface area contributed by atoms with Crippen LogP contribution in [0.1, 0.15) is 29.3 Å². The van der Waals surface area contributed by atoms with Crippen LogP contribution in [0.15, 0.2) is 77.6 Å². The first-order valence-electron chi connectivity index (χ1n) is 11.2. The number of Topliss-reactive ketones (excluding diaryl/α,β-unsaturated/α-hetero) is 1. The van der Waals surface area contributed by atoms with Gasteiger partial charge in [0.1, 0.15) is 0 Å². The average molecular weight is 455 g/mol. The Morgan fingerprint density at radius 2 is 1.50 bits per heavy atom. The predicted molar refractivity (Wildman–Crippen MR) is 134 cm³/mol. The summed E-state index contributed by atoms with van der Waals surface area (Å²) in [6.45, 7) is 2.70. The van der Waals surface area contributed by atoms with Crippen molar-refractivity contribution in [2.45, 2.75) is 19.8 Å². The largest absolute Gasteiger partial charge is 0.368 e. The number of aromatic nitrogens is 2. The summed E-state index contributed by atoms with van der Waals surface area (Å²) in [5.74, 6) is 0.633. The van der Waals surface area contributed by atoms with Gasteiger partial charge in [-0.15, -0.1) is 0 Å². The lowest BCUT2D eigenvalue weighted by molar-refractivity contribution is -0.120. The van der Waals surface area contributed by atoms with E-state index in [0.717, 1.165) is 28.5 Å². The molecule has 0 spiro atoms. The van der Waals surface area contributed by atoms with Crippen molar-refractivity contribution in [3.63, 3.8) is 0 Å². The summed E-state index contributed by atoms with van der Waals surface area (Å²) in [5, 5.41) is 14.1. The summed E-state index contributed by atoms with van der Waals surface area (Å²) in [7, 11) is 0. The second-order valence-corrected chi connectivity index (χ2v) is 8.08. The van der Waals surface area contributed by atoms with Crippen molar-refractivity contribution in [2.24, 2.45) is 0 Å². The smallest absolute Gasteiger partial charge is 0.272 e. The van der Waals surface area contributed by atoms with E-state index in [0.29, 0.717) is 36.3 Å². The number of rotatable bonds is 9. The van der Waals surface area contributed by atoms with Crippen molar-refractivity contribution in [1.82, 2.24) is 15.5 Å². The molecule has 3 N–H and O–H groups in total. The van der Waals surface area contributed by atoms with Gasteiger partial charge < -0.3 is 10.6 Å². The Labute approximate surface area is 197 Å². The molecule has 7 heteroatoms. The Morgan fingerprint density at radius 1 is 0.853 bits per heavy atom. The molecule has 1 heterocycles. The van der Waals surface area contributed by atoms with E-state index in [1.807, 2.05) is 66.7 Å². The van der Waals surface area contributed by atoms with Gasteiger partial charge in [0.05, 0.1) is 11.8 Å². The zero-order valence-corrected chi connectivity index (χ0v) is 18.9. The molecule has 1 aromatic heterocycles. The fraction of sp³-hybridized carbons (Fsp3) is 0.185. The molecule has 3 aromatic carbocycles. The van der Waals surface area contributed by atoms with Gasteiger partial charge in [-0.25, -0.2) is 5.10 Å². The lowest BCUT2D eigenvalue weighted by atomic mass is 10.0. The first kappa shape index (κ1) is 22.9. The van der Waals surface area contributed by atoms with E-state index in [1.54, 1.807) is 13.0 Å². The number of amides is 1. The van der Waals surface area contributed by atoms with Crippen LogP contribution in [-0.2, 0) is 11.2 Å². The minimum atomic E-state index is -0.215. The number of ketones is 1. The summed E-state index contributed by atoms with van der Waals surface area (Å²) < 4.78 is 0. The standard InChI is InChI=1S/C27H26N4O3/c1-18(32)20-11-13-22(14-12-20)21-9-7-19(8-10-21)17-25(33)28-15-4-16-29-26-23-5-2-3-6-24(23)27(34)31-30-26/h2-3,5-14H,4,15-17H2,1H3,(H,28,33)(H,29,30)(H,31,34). The SMILES string of the molecule is CC(=O)c1ccc(-c2ccc(CC(=O)NCCCNc3n[nH]c(=O)c4ccccc34)cc2)cc1. The number of H-pyrrole nitrogens is 1. The zero-order valence-electron chi connectivity index (χ0n) is 18.9. The van der Waals surface area contributed by atoms with Crippen LogP contribution < -0.4 is 16.2 Å². The maximum atomic E-state index is 12.3. The summed E-state index contributed by atoms with van der Waals surface area (Å²) in [6.07, 6.45) is 1.03. The van der Waals surface area contributed by atoms with Gasteiger partial charge in [-0.2, -0.15) is 5.10 Å². The van der Waals surface area contributed by atoms with Crippen LogP contribution in [0, 0.1) is 0 Å². The molecule has 0 unspecified atom stereocenters. The first-order chi connectivity index (χ1) is 16.5. The molecule has 0 bridgehead atoms. The lowest BCUT2D eigenvalue weighted by Gasteiger charge is -2.09. The number of carbonyl (C=O) groups is 2. The number of hydrogen-bond donors (Lipinski definition) is 3. The summed E-state index contributed by atoms with van der Waals surface area (Å²) in [5.41, 5.74) is 3.47. The van der Waals surface area contributed by atoms with Gasteiger partial charge in [0.25, 0.3) is 5.56 Å². The highest BCUT2D eigenvalue weighted by Crippen LogP contribution is 2.21. The van der Waals surface area contributed by atoms with Gasteiger partial charge in [0, 0.05) is 24.0 Å². The molecule has 4 rings (SSSR count). The molecule has 0 radical (unpaired) electrons. The van der Waals surface area contributed by atoms with Crippen LogP contribution in [0.25, 0.3) is 21.9 Å². The summed E-state index contributed by atoms with van der Waals surface area (Å²) in [6, 6.07) is 22.7. The number of nitrogens with one attached hydrogen (secondary N) is 3. The van der Waals surface area contributed by atoms with Gasteiger partial charge in [0.15, 0.2) is 11.6 Å². The Kier molecular flexibility index (Phi) is 7.13. The van der Waals surface area contributed by atoms with Crippen LogP contribution in [0.4, 0.5) is 5.82 Å². The van der Waals surface area contributed by atoms with Crippen LogP contribution in [0.5, 0.6) is 0 Å². The maximum absolute atomic E-state index is 12.3. The van der Waals surface area contributed by atoms with Gasteiger partial charge in [0.2, 0.25) is 5.91 Å². The molecule has 4 aromatic rings. The Morgan fingerprint density at radius 3 is 2.18 bits per heavy atom. The van der Waals surface area contributed by atoms with Crippen LogP contribution >= 0.6 is 0 Å². The highest BCUT2D eigenvalue weighted by Gasteiger charge is 2.07. The molecule has 0 aliphatic rings. The molecule has 34 heavy (non-hydrogen) atoms. The van der Waals surface area contributed by atoms with E-state index in [1.165, 1.54) is 0 Å². The second-order valence-electron chi connectivity index (χ2n) is 8.08. The van der Waals surface area contributed by atoms with Crippen molar-refractivity contribution in [1.29, 1.82) is 0 Å². The van der Waals surface area contributed by atoms with Gasteiger partial charge >= 0.3 is 0 Å². The number of carbonyl (C=O) groups excluding carboxylic acids is 2. The third kappa shape index (κ3) is 5.56. The Balaban J connectivity index is 1.23. The number of benzene rings is 3. The van der Waals surface area contributed by atoms with Crippen LogP contribution in [-0.4, -0.2) is 35.0 Å². The zero-order chi connectivity index (χ0) is 23.9. The van der Waals surface area contributed by atoms with Gasteiger partial charge in [-0.05, 0) is 36.1 Å². The van der Waals surface area contributed by atoms with E-state index in [-0.39, 0.29) is 17.2 Å². The third-order valence-electron chi connectivity index (χ3n) is 5.61. The van der Waals surface area contributed by atoms with Crippen molar-refractivity contribution in [2.75, 3.05) is 18.4 Å². The minimum absolute atomic E-state index is 0.0359. The van der Waals surface area contributed by atoms with Crippen molar-refractivity contribution >= 4 is 28.3 Å². The number of nitrogens with zero attached hydrogens (tertiary/aromatic N) is 1. The fourth-order valence-corrected chi connectivity index (χ4v) is 3.73. The minimum Gasteiger partial charge on any atom is -0.368 e. The highest BCUT2D eigenvalue weighted by atomic mass is 16.1. The third-order valence-corrected chi connectivity index (χ3v) is 5.61. The molecule has 0 aliphatic heterocycles. The number of aromatic amines is 1. The fourth-order valence-electron chi connectivity index (χ4n) is 3.73. The van der Waals surface area contributed by atoms with E-state index in [9.17, 15) is 14.4 Å². The topological polar surface area (TPSA) is 104 Å². The molecule has 172 valence electrons. The molecular formula is C27H26N4O3. The van der Waals surface area contributed by atoms with Gasteiger partial charge in [-0.3, -0.25) is 14.4 Å². The van der Waals surface area contributed by atoms with E-state index < -0.39 is 0 Å². The number of fused-ring (bicyclic) bond motifs is 1. The Bertz CT molecular complexity index is 1360. The highest BCUT2D eigenvalue weighted by molar-refractivity contribution is 5.94. The lowest BCUT2D eigenvalue weighted by Crippen LogP contribution is -2.27. The van der Waals surface area contributed by atoms with Crippen LogP contribution in [0.3, 0.4) is 0 Å². The summed E-state index contributed by atoms with van der Waals surface area (Å²) in [4.78, 5) is 35.6. The molecule has 0 atom stereocenters. The van der Waals surface area contributed by atoms with E-state index >= 15 is 0 Å². The maximum Gasteiger partial charge on any atom is 0.272 e. The van der Waals surface area contributed by atoms with Crippen molar-refractivity contribution in [3.05, 3.63) is 94.3 Å². The molecule has 7 nitrogen and oxygen atoms in total. The normalized spacial score (nSPS) is 10.7. The quantitative estimate of drug-likeness (QED) is 0.262. The monoisotopic (exact) mass is 454 g/mol. The van der Waals surface area contributed by atoms with Crippen molar-refractivity contribution in [3.8, 4) is 11.1 Å². The molecule has 0 saturated heterocycles.